The zero-order chi connectivity index (χ0) is 15.0. The molecule has 0 amide bonds. The lowest BCUT2D eigenvalue weighted by molar-refractivity contribution is -0.137. The van der Waals surface area contributed by atoms with E-state index >= 15 is 0 Å². The first kappa shape index (κ1) is 13.9. The van der Waals surface area contributed by atoms with Gasteiger partial charge in [0.05, 0.1) is 17.6 Å². The number of imidazole rings is 1. The molecule has 2 aromatic rings. The molecule has 0 saturated carbocycles. The number of halogens is 2. The summed E-state index contributed by atoms with van der Waals surface area (Å²) >= 11 is 0. The number of carboxylic acid groups (broad SMARTS) is 1. The molecular formula is C14H15F2N3O2. The average molecular weight is 295 g/mol. The summed E-state index contributed by atoms with van der Waals surface area (Å²) in [5.41, 5.74) is 0.592. The van der Waals surface area contributed by atoms with Crippen molar-refractivity contribution < 1.29 is 18.7 Å². The second kappa shape index (κ2) is 5.40. The van der Waals surface area contributed by atoms with Gasteiger partial charge in [-0.05, 0) is 25.9 Å². The molecule has 1 saturated heterocycles. The van der Waals surface area contributed by atoms with Crippen molar-refractivity contribution in [1.82, 2.24) is 14.5 Å². The Morgan fingerprint density at radius 1 is 1.24 bits per heavy atom. The highest BCUT2D eigenvalue weighted by atomic mass is 19.2. The summed E-state index contributed by atoms with van der Waals surface area (Å²) in [6, 6.07) is 2.02. The van der Waals surface area contributed by atoms with Gasteiger partial charge in [0.2, 0.25) is 0 Å². The Bertz CT molecular complexity index is 693. The molecule has 112 valence electrons. The number of carboxylic acids is 1. The lowest BCUT2D eigenvalue weighted by Gasteiger charge is -2.15. The number of hydrogen-bond acceptors (Lipinski definition) is 3. The van der Waals surface area contributed by atoms with E-state index in [0.717, 1.165) is 38.1 Å². The van der Waals surface area contributed by atoms with Crippen LogP contribution in [0.3, 0.4) is 0 Å². The SMILES string of the molecule is O=C(O)Cn1c(CN2CCCC2)nc2cc(F)c(F)cc21. The third-order valence-corrected chi connectivity index (χ3v) is 3.73. The maximum atomic E-state index is 13.4. The molecule has 1 aromatic heterocycles. The summed E-state index contributed by atoms with van der Waals surface area (Å²) in [4.78, 5) is 17.5. The van der Waals surface area contributed by atoms with Crippen LogP contribution in [0.5, 0.6) is 0 Å². The van der Waals surface area contributed by atoms with E-state index in [9.17, 15) is 13.6 Å². The fourth-order valence-electron chi connectivity index (χ4n) is 2.74. The molecule has 2 heterocycles. The van der Waals surface area contributed by atoms with Gasteiger partial charge in [0.25, 0.3) is 0 Å². The number of hydrogen-bond donors (Lipinski definition) is 1. The first-order valence-electron chi connectivity index (χ1n) is 6.83. The number of likely N-dealkylation sites (tertiary alicyclic amines) is 1. The van der Waals surface area contributed by atoms with Crippen LogP contribution >= 0.6 is 0 Å². The van der Waals surface area contributed by atoms with E-state index in [1.165, 1.54) is 4.57 Å². The third-order valence-electron chi connectivity index (χ3n) is 3.73. The normalized spacial score (nSPS) is 15.9. The minimum Gasteiger partial charge on any atom is -0.480 e. The topological polar surface area (TPSA) is 58.4 Å². The van der Waals surface area contributed by atoms with Crippen LogP contribution in [0.15, 0.2) is 12.1 Å². The molecule has 21 heavy (non-hydrogen) atoms. The highest BCUT2D eigenvalue weighted by molar-refractivity contribution is 5.78. The van der Waals surface area contributed by atoms with Crippen LogP contribution in [0.25, 0.3) is 11.0 Å². The zero-order valence-electron chi connectivity index (χ0n) is 11.4. The number of carbonyl (C=O) groups is 1. The van der Waals surface area contributed by atoms with E-state index in [1.807, 2.05) is 0 Å². The van der Waals surface area contributed by atoms with Crippen LogP contribution in [0, 0.1) is 11.6 Å². The van der Waals surface area contributed by atoms with Crippen molar-refractivity contribution >= 4 is 17.0 Å². The van der Waals surface area contributed by atoms with Gasteiger partial charge in [0, 0.05) is 12.1 Å². The monoisotopic (exact) mass is 295 g/mol. The summed E-state index contributed by atoms with van der Waals surface area (Å²) in [7, 11) is 0. The standard InChI is InChI=1S/C14H15F2N3O2/c15-9-5-11-12(6-10(9)16)19(8-14(20)21)13(17-11)7-18-3-1-2-4-18/h5-6H,1-4,7-8H2,(H,20,21). The van der Waals surface area contributed by atoms with Crippen molar-refractivity contribution in [2.24, 2.45) is 0 Å². The van der Waals surface area contributed by atoms with E-state index in [1.54, 1.807) is 0 Å². The summed E-state index contributed by atoms with van der Waals surface area (Å²) in [6.45, 7) is 2.04. The van der Waals surface area contributed by atoms with Gasteiger partial charge < -0.3 is 9.67 Å². The van der Waals surface area contributed by atoms with Gasteiger partial charge in [-0.2, -0.15) is 0 Å². The molecule has 5 nitrogen and oxygen atoms in total. The summed E-state index contributed by atoms with van der Waals surface area (Å²) < 4.78 is 28.2. The summed E-state index contributed by atoms with van der Waals surface area (Å²) in [5, 5.41) is 9.02. The molecule has 0 radical (unpaired) electrons. The van der Waals surface area contributed by atoms with Crippen molar-refractivity contribution in [1.29, 1.82) is 0 Å². The quantitative estimate of drug-likeness (QED) is 0.937. The lowest BCUT2D eigenvalue weighted by Crippen LogP contribution is -2.22. The summed E-state index contributed by atoms with van der Waals surface area (Å²) in [6.07, 6.45) is 2.20. The highest BCUT2D eigenvalue weighted by Gasteiger charge is 2.19. The largest absolute Gasteiger partial charge is 0.480 e. The Morgan fingerprint density at radius 2 is 1.90 bits per heavy atom. The van der Waals surface area contributed by atoms with Crippen molar-refractivity contribution in [3.8, 4) is 0 Å². The molecule has 0 unspecified atom stereocenters. The molecule has 1 aliphatic rings. The van der Waals surface area contributed by atoms with Gasteiger partial charge in [-0.25, -0.2) is 13.8 Å². The maximum Gasteiger partial charge on any atom is 0.323 e. The van der Waals surface area contributed by atoms with Crippen molar-refractivity contribution in [3.05, 3.63) is 29.6 Å². The predicted octanol–water partition coefficient (Wildman–Crippen LogP) is 1.99. The fraction of sp³-hybridized carbons (Fsp3) is 0.429. The van der Waals surface area contributed by atoms with Crippen LogP contribution in [-0.2, 0) is 17.9 Å². The van der Waals surface area contributed by atoms with E-state index in [2.05, 4.69) is 9.88 Å². The molecular weight excluding hydrogens is 280 g/mol. The molecule has 0 atom stereocenters. The molecule has 3 rings (SSSR count). The smallest absolute Gasteiger partial charge is 0.323 e. The molecule has 1 aromatic carbocycles. The zero-order valence-corrected chi connectivity index (χ0v) is 11.4. The number of rotatable bonds is 4. The number of benzene rings is 1. The second-order valence-corrected chi connectivity index (χ2v) is 5.25. The second-order valence-electron chi connectivity index (χ2n) is 5.25. The van der Waals surface area contributed by atoms with Crippen molar-refractivity contribution in [2.45, 2.75) is 25.9 Å². The van der Waals surface area contributed by atoms with Crippen LogP contribution < -0.4 is 0 Å². The number of fused-ring (bicyclic) bond motifs is 1. The number of aromatic nitrogens is 2. The average Bonchev–Trinajstić information content (AvgIpc) is 3.01. The Morgan fingerprint density at radius 3 is 2.57 bits per heavy atom. The van der Waals surface area contributed by atoms with Crippen LogP contribution in [-0.4, -0.2) is 38.6 Å². The Kier molecular flexibility index (Phi) is 3.59. The van der Waals surface area contributed by atoms with Gasteiger partial charge in [0.1, 0.15) is 12.4 Å². The highest BCUT2D eigenvalue weighted by Crippen LogP contribution is 2.22. The predicted molar refractivity (Wildman–Crippen MR) is 71.8 cm³/mol. The molecule has 1 fully saturated rings. The molecule has 7 heteroatoms. The Labute approximate surface area is 119 Å². The Balaban J connectivity index is 2.05. The minimum atomic E-state index is -1.04. The molecule has 0 bridgehead atoms. The van der Waals surface area contributed by atoms with Gasteiger partial charge >= 0.3 is 5.97 Å². The number of nitrogens with zero attached hydrogens (tertiary/aromatic N) is 3. The first-order valence-corrected chi connectivity index (χ1v) is 6.83. The lowest BCUT2D eigenvalue weighted by atomic mass is 10.3. The van der Waals surface area contributed by atoms with Crippen molar-refractivity contribution in [3.63, 3.8) is 0 Å². The molecule has 1 aliphatic heterocycles. The van der Waals surface area contributed by atoms with E-state index in [0.29, 0.717) is 17.9 Å². The fourth-order valence-corrected chi connectivity index (χ4v) is 2.74. The van der Waals surface area contributed by atoms with Crippen LogP contribution in [0.4, 0.5) is 8.78 Å². The molecule has 1 N–H and O–H groups in total. The number of aliphatic carboxylic acids is 1. The third kappa shape index (κ3) is 2.73. The van der Waals surface area contributed by atoms with Gasteiger partial charge in [-0.1, -0.05) is 0 Å². The van der Waals surface area contributed by atoms with Crippen LogP contribution in [0.1, 0.15) is 18.7 Å². The van der Waals surface area contributed by atoms with E-state index in [-0.39, 0.29) is 12.1 Å². The molecule has 0 spiro atoms. The van der Waals surface area contributed by atoms with Gasteiger partial charge in [0.15, 0.2) is 11.6 Å². The maximum absolute atomic E-state index is 13.4. The van der Waals surface area contributed by atoms with Crippen molar-refractivity contribution in [2.75, 3.05) is 13.1 Å². The first-order chi connectivity index (χ1) is 10.0. The van der Waals surface area contributed by atoms with E-state index < -0.39 is 17.6 Å². The van der Waals surface area contributed by atoms with Gasteiger partial charge in [-0.15, -0.1) is 0 Å². The molecule has 0 aliphatic carbocycles. The van der Waals surface area contributed by atoms with E-state index in [4.69, 9.17) is 5.11 Å². The van der Waals surface area contributed by atoms with Gasteiger partial charge in [-0.3, -0.25) is 9.69 Å². The van der Waals surface area contributed by atoms with Crippen LogP contribution in [0.2, 0.25) is 0 Å². The minimum absolute atomic E-state index is 0.282. The Hall–Kier alpha value is -2.02. The summed E-state index contributed by atoms with van der Waals surface area (Å²) in [5.74, 6) is -2.49.